The van der Waals surface area contributed by atoms with Crippen molar-refractivity contribution < 1.29 is 8.42 Å². The molecular formula is C14H15NO2S. The van der Waals surface area contributed by atoms with Crippen molar-refractivity contribution in [2.75, 3.05) is 11.6 Å². The van der Waals surface area contributed by atoms with Gasteiger partial charge in [-0.2, -0.15) is 0 Å². The maximum atomic E-state index is 11.3. The van der Waals surface area contributed by atoms with Crippen molar-refractivity contribution in [3.63, 3.8) is 0 Å². The van der Waals surface area contributed by atoms with Crippen LogP contribution in [0.5, 0.6) is 0 Å². The number of anilines is 1. The van der Waals surface area contributed by atoms with Crippen molar-refractivity contribution in [3.8, 4) is 0 Å². The van der Waals surface area contributed by atoms with E-state index in [9.17, 15) is 8.42 Å². The molecule has 18 heavy (non-hydrogen) atoms. The van der Waals surface area contributed by atoms with Crippen LogP contribution in [0.3, 0.4) is 0 Å². The molecular weight excluding hydrogens is 246 g/mol. The predicted octanol–water partition coefficient (Wildman–Crippen LogP) is 2.70. The fraction of sp³-hybridized carbons (Fsp3) is 0.143. The first-order chi connectivity index (χ1) is 8.55. The van der Waals surface area contributed by atoms with E-state index >= 15 is 0 Å². The SMILES string of the molecule is CS(=O)(=O)c1ccc(NCc2ccccc2)cc1. The fourth-order valence-corrected chi connectivity index (χ4v) is 2.25. The van der Waals surface area contributed by atoms with Gasteiger partial charge in [0, 0.05) is 18.5 Å². The van der Waals surface area contributed by atoms with Gasteiger partial charge in [0.05, 0.1) is 4.90 Å². The van der Waals surface area contributed by atoms with Crippen molar-refractivity contribution in [1.29, 1.82) is 0 Å². The molecule has 0 saturated heterocycles. The molecule has 0 aliphatic carbocycles. The average molecular weight is 261 g/mol. The van der Waals surface area contributed by atoms with E-state index in [1.807, 2.05) is 30.3 Å². The first-order valence-corrected chi connectivity index (χ1v) is 7.53. The van der Waals surface area contributed by atoms with Gasteiger partial charge in [-0.15, -0.1) is 0 Å². The van der Waals surface area contributed by atoms with Gasteiger partial charge >= 0.3 is 0 Å². The lowest BCUT2D eigenvalue weighted by Gasteiger charge is -2.07. The molecule has 1 N–H and O–H groups in total. The molecule has 0 bridgehead atoms. The van der Waals surface area contributed by atoms with E-state index in [0.717, 1.165) is 12.2 Å². The quantitative estimate of drug-likeness (QED) is 0.920. The summed E-state index contributed by atoms with van der Waals surface area (Å²) in [5.41, 5.74) is 2.09. The normalized spacial score (nSPS) is 11.2. The maximum Gasteiger partial charge on any atom is 0.175 e. The van der Waals surface area contributed by atoms with E-state index in [4.69, 9.17) is 0 Å². The molecule has 0 aromatic heterocycles. The number of hydrogen-bond donors (Lipinski definition) is 1. The standard InChI is InChI=1S/C14H15NO2S/c1-18(16,17)14-9-7-13(8-10-14)15-11-12-5-3-2-4-6-12/h2-10,15H,11H2,1H3. The lowest BCUT2D eigenvalue weighted by Crippen LogP contribution is -2.00. The van der Waals surface area contributed by atoms with Gasteiger partial charge in [0.1, 0.15) is 0 Å². The van der Waals surface area contributed by atoms with Crippen molar-refractivity contribution in [1.82, 2.24) is 0 Å². The zero-order valence-electron chi connectivity index (χ0n) is 10.1. The molecule has 0 spiro atoms. The third-order valence-corrected chi connectivity index (χ3v) is 3.75. The number of nitrogens with one attached hydrogen (secondary N) is 1. The molecule has 2 aromatic rings. The summed E-state index contributed by atoms with van der Waals surface area (Å²) in [4.78, 5) is 0.341. The third-order valence-electron chi connectivity index (χ3n) is 2.62. The van der Waals surface area contributed by atoms with Crippen LogP contribution in [-0.2, 0) is 16.4 Å². The van der Waals surface area contributed by atoms with Crippen molar-refractivity contribution in [3.05, 3.63) is 60.2 Å². The zero-order chi connectivity index (χ0) is 13.0. The molecule has 0 fully saturated rings. The summed E-state index contributed by atoms with van der Waals surface area (Å²) in [7, 11) is -3.11. The van der Waals surface area contributed by atoms with E-state index in [0.29, 0.717) is 4.90 Å². The number of hydrogen-bond acceptors (Lipinski definition) is 3. The average Bonchev–Trinajstić information content (AvgIpc) is 2.37. The van der Waals surface area contributed by atoms with Crippen molar-refractivity contribution in [2.24, 2.45) is 0 Å². The summed E-state index contributed by atoms with van der Waals surface area (Å²) in [6.07, 6.45) is 1.21. The highest BCUT2D eigenvalue weighted by atomic mass is 32.2. The molecule has 0 amide bonds. The minimum Gasteiger partial charge on any atom is -0.381 e. The summed E-state index contributed by atoms with van der Waals surface area (Å²) in [5, 5.41) is 3.24. The van der Waals surface area contributed by atoms with Crippen LogP contribution in [0.4, 0.5) is 5.69 Å². The minimum absolute atomic E-state index is 0.341. The molecule has 0 atom stereocenters. The fourth-order valence-electron chi connectivity index (χ4n) is 1.62. The van der Waals surface area contributed by atoms with E-state index in [-0.39, 0.29) is 0 Å². The lowest BCUT2D eigenvalue weighted by atomic mass is 10.2. The number of rotatable bonds is 4. The maximum absolute atomic E-state index is 11.3. The molecule has 0 aliphatic heterocycles. The molecule has 94 valence electrons. The topological polar surface area (TPSA) is 46.2 Å². The molecule has 3 nitrogen and oxygen atoms in total. The van der Waals surface area contributed by atoms with Crippen LogP contribution in [0.25, 0.3) is 0 Å². The highest BCUT2D eigenvalue weighted by Crippen LogP contribution is 2.14. The Kier molecular flexibility index (Phi) is 3.67. The molecule has 0 radical (unpaired) electrons. The molecule has 2 aromatic carbocycles. The van der Waals surface area contributed by atoms with Crippen molar-refractivity contribution in [2.45, 2.75) is 11.4 Å². The third kappa shape index (κ3) is 3.34. The van der Waals surface area contributed by atoms with Crippen LogP contribution in [0, 0.1) is 0 Å². The van der Waals surface area contributed by atoms with E-state index < -0.39 is 9.84 Å². The van der Waals surface area contributed by atoms with Gasteiger partial charge in [-0.1, -0.05) is 30.3 Å². The highest BCUT2D eigenvalue weighted by molar-refractivity contribution is 7.90. The van der Waals surface area contributed by atoms with Crippen LogP contribution in [0.15, 0.2) is 59.5 Å². The molecule has 0 aliphatic rings. The van der Waals surface area contributed by atoms with Gasteiger partial charge < -0.3 is 5.32 Å². The second-order valence-corrected chi connectivity index (χ2v) is 6.15. The second-order valence-electron chi connectivity index (χ2n) is 4.14. The first kappa shape index (κ1) is 12.6. The first-order valence-electron chi connectivity index (χ1n) is 5.63. The molecule has 0 heterocycles. The van der Waals surface area contributed by atoms with Gasteiger partial charge in [-0.25, -0.2) is 8.42 Å². The summed E-state index contributed by atoms with van der Waals surface area (Å²) in [6.45, 7) is 0.721. The van der Waals surface area contributed by atoms with E-state index in [1.165, 1.54) is 11.8 Å². The molecule has 0 saturated carbocycles. The second kappa shape index (κ2) is 5.23. The lowest BCUT2D eigenvalue weighted by molar-refractivity contribution is 0.602. The number of sulfone groups is 1. The highest BCUT2D eigenvalue weighted by Gasteiger charge is 2.05. The summed E-state index contributed by atoms with van der Waals surface area (Å²) >= 11 is 0. The van der Waals surface area contributed by atoms with Gasteiger partial charge in [0.15, 0.2) is 9.84 Å². The van der Waals surface area contributed by atoms with Gasteiger partial charge in [0.2, 0.25) is 0 Å². The van der Waals surface area contributed by atoms with Gasteiger partial charge in [-0.05, 0) is 29.8 Å². The van der Waals surface area contributed by atoms with Gasteiger partial charge in [-0.3, -0.25) is 0 Å². The Balaban J connectivity index is 2.03. The Bertz CT molecular complexity index is 604. The zero-order valence-corrected chi connectivity index (χ0v) is 10.9. The Morgan fingerprint density at radius 2 is 1.56 bits per heavy atom. The molecule has 0 unspecified atom stereocenters. The van der Waals surface area contributed by atoms with Crippen molar-refractivity contribution >= 4 is 15.5 Å². The Morgan fingerprint density at radius 3 is 2.11 bits per heavy atom. The molecule has 4 heteroatoms. The van der Waals surface area contributed by atoms with E-state index in [1.54, 1.807) is 24.3 Å². The Hall–Kier alpha value is -1.81. The van der Waals surface area contributed by atoms with Crippen LogP contribution in [0.2, 0.25) is 0 Å². The number of benzene rings is 2. The van der Waals surface area contributed by atoms with E-state index in [2.05, 4.69) is 5.32 Å². The molecule has 2 rings (SSSR count). The van der Waals surface area contributed by atoms with Gasteiger partial charge in [0.25, 0.3) is 0 Å². The smallest absolute Gasteiger partial charge is 0.175 e. The predicted molar refractivity (Wildman–Crippen MR) is 73.3 cm³/mol. The van der Waals surface area contributed by atoms with Crippen LogP contribution >= 0.6 is 0 Å². The van der Waals surface area contributed by atoms with Crippen LogP contribution in [0.1, 0.15) is 5.56 Å². The minimum atomic E-state index is -3.11. The summed E-state index contributed by atoms with van der Waals surface area (Å²) in [6, 6.07) is 16.8. The Labute approximate surface area is 107 Å². The largest absolute Gasteiger partial charge is 0.381 e. The van der Waals surface area contributed by atoms with Crippen LogP contribution in [-0.4, -0.2) is 14.7 Å². The summed E-state index contributed by atoms with van der Waals surface area (Å²) < 4.78 is 22.6. The Morgan fingerprint density at radius 1 is 0.944 bits per heavy atom. The van der Waals surface area contributed by atoms with Crippen LogP contribution < -0.4 is 5.32 Å². The monoisotopic (exact) mass is 261 g/mol. The summed E-state index contributed by atoms with van der Waals surface area (Å²) in [5.74, 6) is 0.